The number of rotatable bonds is 17. The Labute approximate surface area is 467 Å². The third-order valence-corrected chi connectivity index (χ3v) is 23.1. The maximum absolute atomic E-state index is 14.8. The van der Waals surface area contributed by atoms with Gasteiger partial charge in [0.1, 0.15) is 18.3 Å². The molecule has 6 rings (SSSR count). The number of aliphatic hydroxyl groups is 5. The Morgan fingerprint density at radius 2 is 1.42 bits per heavy atom. The first kappa shape index (κ1) is 63.7. The van der Waals surface area contributed by atoms with Crippen molar-refractivity contribution in [1.82, 2.24) is 14.8 Å². The fourth-order valence-corrected chi connectivity index (χ4v) is 18.4. The summed E-state index contributed by atoms with van der Waals surface area (Å²) in [6.07, 6.45) is -0.497. The number of pyridine rings is 1. The number of unbranched alkanes of at least 4 members (excludes halogenated alkanes) is 4. The van der Waals surface area contributed by atoms with E-state index in [4.69, 9.17) is 28.7 Å². The van der Waals surface area contributed by atoms with E-state index in [1.54, 1.807) is 46.4 Å². The summed E-state index contributed by atoms with van der Waals surface area (Å²) in [6, 6.07) is 26.5. The predicted molar refractivity (Wildman–Crippen MR) is 309 cm³/mol. The summed E-state index contributed by atoms with van der Waals surface area (Å²) in [5, 5.41) is 63.7. The molecule has 0 saturated carbocycles. The van der Waals surface area contributed by atoms with Crippen LogP contribution in [0.3, 0.4) is 0 Å². The van der Waals surface area contributed by atoms with E-state index in [1.165, 1.54) is 24.6 Å². The number of benzene rings is 2. The molecular weight excluding hydrogens is 1010 g/mol. The molecule has 3 aliphatic rings. The van der Waals surface area contributed by atoms with Crippen molar-refractivity contribution in [2.24, 2.45) is 23.7 Å². The molecule has 0 bridgehead atoms. The van der Waals surface area contributed by atoms with Gasteiger partial charge in [0.15, 0.2) is 6.29 Å². The molecule has 3 saturated heterocycles. The quantitative estimate of drug-likeness (QED) is 0.0555. The molecule has 78 heavy (non-hydrogen) atoms. The summed E-state index contributed by atoms with van der Waals surface area (Å²) in [7, 11) is 2.83. The van der Waals surface area contributed by atoms with E-state index in [0.29, 0.717) is 12.8 Å². The van der Waals surface area contributed by atoms with Crippen molar-refractivity contribution in [1.29, 1.82) is 0 Å². The monoisotopic (exact) mass is 1110 g/mol. The van der Waals surface area contributed by atoms with Gasteiger partial charge in [-0.25, -0.2) is 0 Å². The van der Waals surface area contributed by atoms with E-state index in [1.807, 2.05) is 52.0 Å². The first-order valence-electron chi connectivity index (χ1n) is 29.0. The number of hydrogen-bond donors (Lipinski definition) is 5. The minimum absolute atomic E-state index is 0.0926. The number of aromatic nitrogens is 1. The second kappa shape index (κ2) is 27.6. The summed E-state index contributed by atoms with van der Waals surface area (Å²) >= 11 is 0. The number of amides is 1. The van der Waals surface area contributed by atoms with Crippen molar-refractivity contribution in [2.75, 3.05) is 33.9 Å². The zero-order valence-corrected chi connectivity index (χ0v) is 50.2. The van der Waals surface area contributed by atoms with Gasteiger partial charge in [-0.1, -0.05) is 20.8 Å². The molecular formula is C62H98N3O12P. The number of carbonyl (C=O) groups excluding carboxylic acids is 2. The summed E-state index contributed by atoms with van der Waals surface area (Å²) in [4.78, 5) is 38.1. The van der Waals surface area contributed by atoms with Crippen molar-refractivity contribution in [3.8, 4) is 0 Å². The van der Waals surface area contributed by atoms with Crippen LogP contribution in [0.15, 0.2) is 85.1 Å². The van der Waals surface area contributed by atoms with Crippen LogP contribution in [-0.4, -0.2) is 170 Å². The molecule has 1 aromatic heterocycles. The van der Waals surface area contributed by atoms with E-state index >= 15 is 0 Å². The van der Waals surface area contributed by atoms with Gasteiger partial charge < -0.3 is 49.0 Å². The molecule has 438 valence electrons. The molecule has 2 aromatic carbocycles. The van der Waals surface area contributed by atoms with E-state index in [0.717, 1.165) is 37.3 Å². The molecule has 16 heteroatoms. The van der Waals surface area contributed by atoms with E-state index in [9.17, 15) is 35.1 Å². The Hall–Kier alpha value is -3.44. The van der Waals surface area contributed by atoms with Crippen LogP contribution in [-0.2, 0) is 33.3 Å². The third-order valence-electron chi connectivity index (χ3n) is 18.2. The standard InChI is InChI=1S/C62H98N3O12P/c1-14-50-62(10,72)55(68)44(6)65(52(66)33-24-16-15-17-27-35-78(46-28-20-18-21-29-46,47-30-22-19-23-31-47)51-32-25-26-34-63-51)39-40(2)37-60(8,71)57(77-59-54(67)48(64(11)12)36-41(3)74-59)42(4)53(43(5)58(70)76-50)49-38-61(9,73-13)56(69)45(7)75-49/h18-23,25-26,28-32,34,40-45,48-50,53-57,59,67-69,71-72,78H,14-17,24,27,33,35-39H2,1-13H3/t40-,41-,42+,43-,44-,45+,48+,49?,50-,53+,54-,55-,56+,57-,59+,60-,61-,62-/m1/s1. The molecule has 18 atom stereocenters. The van der Waals surface area contributed by atoms with Gasteiger partial charge in [-0.15, -0.1) is 0 Å². The predicted octanol–water partition coefficient (Wildman–Crippen LogP) is 6.53. The molecule has 3 aliphatic heterocycles. The van der Waals surface area contributed by atoms with Crippen molar-refractivity contribution >= 4 is 35.2 Å². The van der Waals surface area contributed by atoms with Crippen molar-refractivity contribution in [3.63, 3.8) is 0 Å². The van der Waals surface area contributed by atoms with Crippen LogP contribution in [0.2, 0.25) is 0 Å². The molecule has 1 amide bonds. The molecule has 0 spiro atoms. The number of esters is 1. The topological polar surface area (TPSA) is 201 Å². The Bertz CT molecular complexity index is 2220. The minimum Gasteiger partial charge on any atom is -0.383 e. The molecule has 0 aliphatic carbocycles. The molecule has 0 radical (unpaired) electrons. The van der Waals surface area contributed by atoms with Gasteiger partial charge in [-0.2, -0.15) is 0 Å². The Morgan fingerprint density at radius 1 is 0.821 bits per heavy atom. The average molecular weight is 1110 g/mol. The summed E-state index contributed by atoms with van der Waals surface area (Å²) in [6.45, 7) is 17.8. The van der Waals surface area contributed by atoms with Crippen molar-refractivity contribution < 1.29 is 58.8 Å². The number of aliphatic hydroxyl groups excluding tert-OH is 3. The molecule has 3 fully saturated rings. The second-order valence-corrected chi connectivity index (χ2v) is 28.5. The number of ether oxygens (including phenoxy) is 5. The van der Waals surface area contributed by atoms with Gasteiger partial charge in [0.2, 0.25) is 0 Å². The zero-order chi connectivity index (χ0) is 57.3. The molecule has 1 unspecified atom stereocenters. The number of cyclic esters (lactones) is 1. The number of carbonyl (C=O) groups is 2. The van der Waals surface area contributed by atoms with Gasteiger partial charge in [-0.05, 0) is 67.5 Å². The summed E-state index contributed by atoms with van der Waals surface area (Å²) in [5.74, 6) is -3.70. The normalized spacial score (nSPS) is 37.0. The number of hydrogen-bond acceptors (Lipinski definition) is 14. The average Bonchev–Trinajstić information content (AvgIpc) is 3.42. The van der Waals surface area contributed by atoms with Crippen LogP contribution in [0, 0.1) is 23.7 Å². The van der Waals surface area contributed by atoms with Gasteiger partial charge in [0, 0.05) is 25.5 Å². The molecule has 15 nitrogen and oxygen atoms in total. The number of nitrogens with zero attached hydrogens (tertiary/aromatic N) is 3. The number of likely N-dealkylation sites (N-methyl/N-ethyl adjacent to an activating group) is 1. The fourth-order valence-electron chi connectivity index (χ4n) is 13.7. The summed E-state index contributed by atoms with van der Waals surface area (Å²) in [5.41, 5.74) is -3.62. The Kier molecular flexibility index (Phi) is 22.5. The molecule has 4 heterocycles. The third kappa shape index (κ3) is 14.4. The zero-order valence-electron chi connectivity index (χ0n) is 49.2. The Morgan fingerprint density at radius 3 is 2.00 bits per heavy atom. The van der Waals surface area contributed by atoms with Gasteiger partial charge in [0.25, 0.3) is 0 Å². The van der Waals surface area contributed by atoms with Crippen LogP contribution in [0.25, 0.3) is 0 Å². The fraction of sp³-hybridized carbons (Fsp3) is 0.694. The van der Waals surface area contributed by atoms with E-state index in [-0.39, 0.29) is 50.3 Å². The van der Waals surface area contributed by atoms with Gasteiger partial charge >= 0.3 is 235 Å². The Balaban J connectivity index is 1.27. The van der Waals surface area contributed by atoms with E-state index in [2.05, 4.69) is 72.8 Å². The smallest absolute Gasteiger partial charge is 0.383 e. The van der Waals surface area contributed by atoms with Crippen LogP contribution in [0.1, 0.15) is 133 Å². The van der Waals surface area contributed by atoms with Crippen molar-refractivity contribution in [3.05, 3.63) is 85.1 Å². The number of methoxy groups -OCH3 is 1. The first-order valence-corrected chi connectivity index (χ1v) is 31.2. The van der Waals surface area contributed by atoms with E-state index < -0.39 is 109 Å². The van der Waals surface area contributed by atoms with Crippen LogP contribution in [0.4, 0.5) is 0 Å². The van der Waals surface area contributed by atoms with Crippen LogP contribution in [0.5, 0.6) is 0 Å². The molecule has 3 aromatic rings. The van der Waals surface area contributed by atoms with Gasteiger partial charge in [-0.3, -0.25) is 4.79 Å². The van der Waals surface area contributed by atoms with Crippen LogP contribution >= 0.6 is 7.26 Å². The van der Waals surface area contributed by atoms with Gasteiger partial charge in [0.05, 0.1) is 41.5 Å². The SMILES string of the molecule is CC[C@H]1OC(=O)[C@H](C)[C@@H](C2C[C@@](C)(OC)[C@@H](O)[C@H](C)O2)[C@H](C)[C@@H](O[C@@H]2O[C@H](C)C[C@H](N(C)C)[C@H]2O)[C@](C)(O)C[C@@H](C)CN(C(=O)CCCCCCC[PH](c2ccccc2)(c2ccccc2)c2ccccn2)[C@H](C)[C@@H](O)[C@]1(C)O. The second-order valence-electron chi connectivity index (χ2n) is 24.5. The summed E-state index contributed by atoms with van der Waals surface area (Å²) < 4.78 is 32.2. The minimum atomic E-state index is -2.49. The molecule has 5 N–H and O–H groups in total. The maximum atomic E-state index is 14.8. The first-order chi connectivity index (χ1) is 36.8. The van der Waals surface area contributed by atoms with Crippen LogP contribution < -0.4 is 16.0 Å². The van der Waals surface area contributed by atoms with Crippen molar-refractivity contribution in [2.45, 2.75) is 217 Å².